The van der Waals surface area contributed by atoms with Crippen LogP contribution in [0.15, 0.2) is 152 Å². The van der Waals surface area contributed by atoms with Crippen molar-refractivity contribution in [3.8, 4) is 67.5 Å². The molecule has 55 heavy (non-hydrogen) atoms. The number of imidazole rings is 1. The lowest BCUT2D eigenvalue weighted by molar-refractivity contribution is 0.477. The quantitative estimate of drug-likeness (QED) is 0.186. The van der Waals surface area contributed by atoms with Gasteiger partial charge in [0.2, 0.25) is 0 Å². The van der Waals surface area contributed by atoms with Crippen LogP contribution in [0.1, 0.15) is 70.4 Å². The van der Waals surface area contributed by atoms with Crippen LogP contribution in [-0.2, 0) is 10.8 Å². The molecule has 1 N–H and O–H groups in total. The fourth-order valence-corrected chi connectivity index (χ4v) is 7.17. The molecule has 4 heteroatoms. The lowest BCUT2D eigenvalue weighted by Crippen LogP contribution is -2.11. The van der Waals surface area contributed by atoms with E-state index < -0.39 is 26.0 Å². The number of phenolic OH excluding ortho intramolecular Hbond substituents is 1. The van der Waals surface area contributed by atoms with E-state index in [-0.39, 0.29) is 16.7 Å². The first-order valence-electron chi connectivity index (χ1n) is 22.8. The van der Waals surface area contributed by atoms with Gasteiger partial charge in [0.25, 0.3) is 0 Å². The van der Waals surface area contributed by atoms with Crippen LogP contribution >= 0.6 is 0 Å². The van der Waals surface area contributed by atoms with Crippen molar-refractivity contribution in [2.75, 3.05) is 0 Å². The summed E-state index contributed by atoms with van der Waals surface area (Å²) in [6.07, 6.45) is 1.67. The SMILES string of the molecule is [2H]C([2H])([2H])C(c1ccc(-c2ccnc(-c3cc(-c4cccc5c4nc(-c4ccccc4O)n5-c4cc(C)cc(-c5ccccc5)c4)cc(C(C)(C)C)c3)c2)cc1)(C([2H])([2H])[2H])C([2H])([2H])[2H]. The summed E-state index contributed by atoms with van der Waals surface area (Å²) in [5, 5.41) is 11.2. The Morgan fingerprint density at radius 2 is 1.27 bits per heavy atom. The summed E-state index contributed by atoms with van der Waals surface area (Å²) in [6, 6.07) is 45.7. The van der Waals surface area contributed by atoms with Crippen LogP contribution in [0.3, 0.4) is 0 Å². The molecule has 0 saturated heterocycles. The normalized spacial score (nSPS) is 15.1. The molecule has 0 atom stereocenters. The number of aryl methyl sites for hydroxylation is 1. The van der Waals surface area contributed by atoms with E-state index in [1.54, 1.807) is 36.5 Å². The van der Waals surface area contributed by atoms with Gasteiger partial charge in [0.05, 0.1) is 22.3 Å². The van der Waals surface area contributed by atoms with Crippen LogP contribution < -0.4 is 0 Å². The molecule has 0 aliphatic carbocycles. The summed E-state index contributed by atoms with van der Waals surface area (Å²) in [7, 11) is 0. The number of fused-ring (bicyclic) bond motifs is 1. The zero-order chi connectivity index (χ0) is 46.0. The average molecular weight is 727 g/mol. The van der Waals surface area contributed by atoms with Crippen molar-refractivity contribution in [3.05, 3.63) is 168 Å². The smallest absolute Gasteiger partial charge is 0.149 e. The maximum atomic E-state index is 11.2. The molecule has 0 unspecified atom stereocenters. The van der Waals surface area contributed by atoms with Gasteiger partial charge in [-0.2, -0.15) is 0 Å². The van der Waals surface area contributed by atoms with E-state index in [0.717, 1.165) is 55.7 Å². The number of phenols is 1. The highest BCUT2D eigenvalue weighted by atomic mass is 16.3. The molecule has 0 fully saturated rings. The van der Waals surface area contributed by atoms with Crippen LogP contribution in [-0.4, -0.2) is 19.6 Å². The summed E-state index contributed by atoms with van der Waals surface area (Å²) in [4.78, 5) is 10.1. The Kier molecular flexibility index (Phi) is 6.68. The second-order valence-electron chi connectivity index (χ2n) is 15.2. The predicted octanol–water partition coefficient (Wildman–Crippen LogP) is 13.4. The minimum atomic E-state index is -3.36. The lowest BCUT2D eigenvalue weighted by Gasteiger charge is -2.22. The molecule has 0 aliphatic rings. The predicted molar refractivity (Wildman–Crippen MR) is 230 cm³/mol. The first-order chi connectivity index (χ1) is 30.1. The molecule has 0 spiro atoms. The number of rotatable bonds is 6. The molecule has 0 saturated carbocycles. The number of benzene rings is 6. The molecule has 0 radical (unpaired) electrons. The summed E-state index contributed by atoms with van der Waals surface area (Å²) >= 11 is 0. The van der Waals surface area contributed by atoms with Crippen molar-refractivity contribution >= 4 is 11.0 Å². The number of nitrogens with zero attached hydrogens (tertiary/aromatic N) is 3. The summed E-state index contributed by atoms with van der Waals surface area (Å²) in [5.41, 5.74) is 8.26. The van der Waals surface area contributed by atoms with E-state index in [9.17, 15) is 5.11 Å². The second kappa shape index (κ2) is 13.9. The summed E-state index contributed by atoms with van der Waals surface area (Å²) < 4.78 is 75.4. The van der Waals surface area contributed by atoms with Gasteiger partial charge in [0, 0.05) is 35.3 Å². The zero-order valence-electron chi connectivity index (χ0n) is 40.2. The molecule has 4 nitrogen and oxygen atoms in total. The molecule has 8 aromatic rings. The Balaban J connectivity index is 1.28. The highest BCUT2D eigenvalue weighted by Crippen LogP contribution is 2.41. The molecule has 272 valence electrons. The topological polar surface area (TPSA) is 50.9 Å². The number of pyridine rings is 1. The van der Waals surface area contributed by atoms with Gasteiger partial charge in [-0.25, -0.2) is 4.98 Å². The standard InChI is InChI=1S/C51H47N3O/c1-33-26-37(34-14-9-8-10-15-34)31-42(27-33)54-46-18-13-17-43(48(46)53-49(54)44-16-11-12-19-47(44)55)38-28-39(30-41(29-38)51(5,6)7)45-32-36(24-25-52-45)35-20-22-40(23-21-35)50(2,3)4/h8-32,55H,1-7H3/i2D3,3D3,4D3. The van der Waals surface area contributed by atoms with Crippen molar-refractivity contribution in [2.45, 2.75) is 59.1 Å². The van der Waals surface area contributed by atoms with Crippen molar-refractivity contribution in [1.29, 1.82) is 0 Å². The first kappa shape index (κ1) is 26.5. The molecule has 0 aliphatic heterocycles. The van der Waals surface area contributed by atoms with Crippen LogP contribution in [0.5, 0.6) is 5.75 Å². The van der Waals surface area contributed by atoms with Crippen molar-refractivity contribution in [2.24, 2.45) is 0 Å². The Morgan fingerprint density at radius 1 is 0.564 bits per heavy atom. The van der Waals surface area contributed by atoms with E-state index >= 15 is 0 Å². The van der Waals surface area contributed by atoms with Gasteiger partial charge in [-0.3, -0.25) is 9.55 Å². The molecular formula is C51H47N3O. The largest absolute Gasteiger partial charge is 0.507 e. The Hall–Kier alpha value is -6.26. The lowest BCUT2D eigenvalue weighted by atomic mass is 9.83. The summed E-state index contributed by atoms with van der Waals surface area (Å²) in [6.45, 7) is -1.56. The highest BCUT2D eigenvalue weighted by Gasteiger charge is 2.23. The third-order valence-corrected chi connectivity index (χ3v) is 10.1. The van der Waals surface area contributed by atoms with Gasteiger partial charge < -0.3 is 5.11 Å². The first-order valence-corrected chi connectivity index (χ1v) is 18.3. The van der Waals surface area contributed by atoms with Crippen LogP contribution in [0.2, 0.25) is 0 Å². The van der Waals surface area contributed by atoms with Crippen molar-refractivity contribution in [3.63, 3.8) is 0 Å². The van der Waals surface area contributed by atoms with E-state index in [2.05, 4.69) is 86.9 Å². The van der Waals surface area contributed by atoms with Gasteiger partial charge in [-0.15, -0.1) is 0 Å². The van der Waals surface area contributed by atoms with Crippen LogP contribution in [0.25, 0.3) is 72.7 Å². The minimum absolute atomic E-state index is 0.111. The van der Waals surface area contributed by atoms with E-state index in [0.29, 0.717) is 28.2 Å². The van der Waals surface area contributed by atoms with Gasteiger partial charge in [0.1, 0.15) is 11.6 Å². The minimum Gasteiger partial charge on any atom is -0.507 e. The second-order valence-corrected chi connectivity index (χ2v) is 15.2. The Labute approximate surface area is 337 Å². The van der Waals surface area contributed by atoms with Crippen LogP contribution in [0, 0.1) is 6.92 Å². The zero-order valence-corrected chi connectivity index (χ0v) is 31.2. The van der Waals surface area contributed by atoms with Gasteiger partial charge in [-0.05, 0) is 117 Å². The molecule has 0 amide bonds. The van der Waals surface area contributed by atoms with Crippen molar-refractivity contribution in [1.82, 2.24) is 14.5 Å². The molecule has 8 rings (SSSR count). The maximum absolute atomic E-state index is 11.2. The van der Waals surface area contributed by atoms with Crippen molar-refractivity contribution < 1.29 is 17.4 Å². The monoisotopic (exact) mass is 726 g/mol. The molecule has 6 aromatic carbocycles. The third-order valence-electron chi connectivity index (χ3n) is 10.1. The van der Waals surface area contributed by atoms with E-state index in [1.165, 1.54) is 12.1 Å². The third kappa shape index (κ3) is 7.08. The fraction of sp³-hybridized carbons (Fsp3) is 0.176. The summed E-state index contributed by atoms with van der Waals surface area (Å²) in [5.74, 6) is 0.701. The fourth-order valence-electron chi connectivity index (χ4n) is 7.17. The van der Waals surface area contributed by atoms with Gasteiger partial charge in [0.15, 0.2) is 0 Å². The van der Waals surface area contributed by atoms with E-state index in [4.69, 9.17) is 22.3 Å². The number of hydrogen-bond acceptors (Lipinski definition) is 3. The molecule has 0 bridgehead atoms. The molecular weight excluding hydrogens is 671 g/mol. The van der Waals surface area contributed by atoms with E-state index in [1.807, 2.05) is 48.5 Å². The number of aromatic nitrogens is 3. The van der Waals surface area contributed by atoms with Crippen LogP contribution in [0.4, 0.5) is 0 Å². The maximum Gasteiger partial charge on any atom is 0.149 e. The number of hydrogen-bond donors (Lipinski definition) is 1. The molecule has 2 heterocycles. The van der Waals surface area contributed by atoms with Gasteiger partial charge >= 0.3 is 0 Å². The molecule has 2 aromatic heterocycles. The van der Waals surface area contributed by atoms with Gasteiger partial charge in [-0.1, -0.05) is 132 Å². The average Bonchev–Trinajstić information content (AvgIpc) is 3.62. The Bertz CT molecular complexity index is 2980. The number of aromatic hydroxyl groups is 1. The Morgan fingerprint density at radius 3 is 2.02 bits per heavy atom. The number of para-hydroxylation sites is 2. The highest BCUT2D eigenvalue weighted by molar-refractivity contribution is 5.97.